The van der Waals surface area contributed by atoms with Gasteiger partial charge in [-0.05, 0) is 12.8 Å². The number of methoxy groups -OCH3 is 2. The first-order valence-electron chi connectivity index (χ1n) is 3.89. The number of hydrogen-bond donors (Lipinski definition) is 0. The lowest BCUT2D eigenvalue weighted by Crippen LogP contribution is -2.34. The first-order valence-corrected chi connectivity index (χ1v) is 3.89. The maximum atomic E-state index is 11.3. The van der Waals surface area contributed by atoms with Gasteiger partial charge in [0, 0.05) is 20.1 Å². The van der Waals surface area contributed by atoms with Crippen molar-refractivity contribution in [2.24, 2.45) is 5.92 Å². The molecule has 64 valence electrons. The smallest absolute Gasteiger partial charge is 0.217 e. The molecule has 0 bridgehead atoms. The molecule has 0 aromatic rings. The fourth-order valence-corrected chi connectivity index (χ4v) is 1.21. The van der Waals surface area contributed by atoms with E-state index in [1.165, 1.54) is 14.2 Å². The molecule has 0 saturated heterocycles. The van der Waals surface area contributed by atoms with Crippen LogP contribution in [0, 0.1) is 5.92 Å². The Bertz CT molecular complexity index is 136. The van der Waals surface area contributed by atoms with Gasteiger partial charge in [0.25, 0.3) is 0 Å². The standard InChI is InChI=1S/C8H14O3/c1-10-8(11-2)7(9)6-4-3-5-6/h6,8H,3-5H2,1-2H3. The minimum absolute atomic E-state index is 0.0984. The molecule has 1 fully saturated rings. The quantitative estimate of drug-likeness (QED) is 0.572. The zero-order valence-electron chi connectivity index (χ0n) is 7.00. The van der Waals surface area contributed by atoms with Crippen LogP contribution >= 0.6 is 0 Å². The van der Waals surface area contributed by atoms with E-state index in [1.54, 1.807) is 0 Å². The molecule has 1 saturated carbocycles. The fraction of sp³-hybridized carbons (Fsp3) is 0.875. The Kier molecular flexibility index (Phi) is 3.02. The molecule has 0 unspecified atom stereocenters. The third-order valence-corrected chi connectivity index (χ3v) is 2.17. The Hall–Kier alpha value is -0.410. The topological polar surface area (TPSA) is 35.5 Å². The molecular weight excluding hydrogens is 144 g/mol. The summed E-state index contributed by atoms with van der Waals surface area (Å²) in [5.41, 5.74) is 0. The maximum Gasteiger partial charge on any atom is 0.217 e. The summed E-state index contributed by atoms with van der Waals surface area (Å²) < 4.78 is 9.69. The zero-order chi connectivity index (χ0) is 8.27. The summed E-state index contributed by atoms with van der Waals surface area (Å²) in [4.78, 5) is 11.3. The molecule has 0 amide bonds. The molecule has 0 spiro atoms. The van der Waals surface area contributed by atoms with Crippen LogP contribution in [0.5, 0.6) is 0 Å². The largest absolute Gasteiger partial charge is 0.349 e. The highest BCUT2D eigenvalue weighted by Crippen LogP contribution is 2.28. The van der Waals surface area contributed by atoms with Gasteiger partial charge in [0.2, 0.25) is 6.29 Å². The van der Waals surface area contributed by atoms with Gasteiger partial charge in [0.15, 0.2) is 5.78 Å². The van der Waals surface area contributed by atoms with Crippen molar-refractivity contribution in [3.63, 3.8) is 0 Å². The SMILES string of the molecule is COC(OC)C(=O)C1CCC1. The molecule has 0 aliphatic heterocycles. The van der Waals surface area contributed by atoms with Crippen LogP contribution < -0.4 is 0 Å². The Morgan fingerprint density at radius 2 is 1.91 bits per heavy atom. The normalized spacial score (nSPS) is 18.5. The van der Waals surface area contributed by atoms with Gasteiger partial charge in [0.05, 0.1) is 0 Å². The lowest BCUT2D eigenvalue weighted by molar-refractivity contribution is -0.163. The molecule has 0 radical (unpaired) electrons. The van der Waals surface area contributed by atoms with Gasteiger partial charge >= 0.3 is 0 Å². The molecule has 0 aromatic carbocycles. The molecule has 1 rings (SSSR count). The third kappa shape index (κ3) is 1.79. The summed E-state index contributed by atoms with van der Waals surface area (Å²) in [6.45, 7) is 0. The number of ketones is 1. The van der Waals surface area contributed by atoms with E-state index in [2.05, 4.69) is 0 Å². The number of Topliss-reactive ketones (excluding diaryl/α,β-unsaturated/α-hetero) is 1. The van der Waals surface area contributed by atoms with Crippen LogP contribution in [-0.4, -0.2) is 26.3 Å². The number of carbonyl (C=O) groups excluding carboxylic acids is 1. The van der Waals surface area contributed by atoms with Crippen molar-refractivity contribution in [3.8, 4) is 0 Å². The molecule has 11 heavy (non-hydrogen) atoms. The number of ether oxygens (including phenoxy) is 2. The summed E-state index contributed by atoms with van der Waals surface area (Å²) >= 11 is 0. The third-order valence-electron chi connectivity index (χ3n) is 2.17. The summed E-state index contributed by atoms with van der Waals surface area (Å²) in [6, 6.07) is 0. The van der Waals surface area contributed by atoms with Gasteiger partial charge < -0.3 is 9.47 Å². The fourth-order valence-electron chi connectivity index (χ4n) is 1.21. The predicted molar refractivity (Wildman–Crippen MR) is 40.2 cm³/mol. The molecule has 0 atom stereocenters. The average molecular weight is 158 g/mol. The van der Waals surface area contributed by atoms with Crippen molar-refractivity contribution in [3.05, 3.63) is 0 Å². The van der Waals surface area contributed by atoms with Crippen molar-refractivity contribution >= 4 is 5.78 Å². The van der Waals surface area contributed by atoms with Gasteiger partial charge in [-0.25, -0.2) is 0 Å². The van der Waals surface area contributed by atoms with Crippen LogP contribution in [-0.2, 0) is 14.3 Å². The minimum atomic E-state index is -0.639. The van der Waals surface area contributed by atoms with E-state index in [9.17, 15) is 4.79 Å². The Morgan fingerprint density at radius 1 is 1.36 bits per heavy atom. The molecule has 1 aliphatic rings. The lowest BCUT2D eigenvalue weighted by atomic mass is 9.82. The molecule has 3 heteroatoms. The van der Waals surface area contributed by atoms with Crippen molar-refractivity contribution in [2.45, 2.75) is 25.6 Å². The van der Waals surface area contributed by atoms with Crippen molar-refractivity contribution in [1.29, 1.82) is 0 Å². The molecule has 3 nitrogen and oxygen atoms in total. The van der Waals surface area contributed by atoms with E-state index in [4.69, 9.17) is 9.47 Å². The lowest BCUT2D eigenvalue weighted by Gasteiger charge is -2.26. The number of rotatable bonds is 4. The van der Waals surface area contributed by atoms with E-state index in [-0.39, 0.29) is 11.7 Å². The second kappa shape index (κ2) is 3.83. The maximum absolute atomic E-state index is 11.3. The second-order valence-corrected chi connectivity index (χ2v) is 2.83. The van der Waals surface area contributed by atoms with Crippen LogP contribution in [0.2, 0.25) is 0 Å². The van der Waals surface area contributed by atoms with Crippen LogP contribution in [0.3, 0.4) is 0 Å². The number of carbonyl (C=O) groups is 1. The van der Waals surface area contributed by atoms with E-state index < -0.39 is 6.29 Å². The Labute approximate surface area is 66.7 Å². The first kappa shape index (κ1) is 8.68. The van der Waals surface area contributed by atoms with E-state index >= 15 is 0 Å². The first-order chi connectivity index (χ1) is 5.29. The zero-order valence-corrected chi connectivity index (χ0v) is 7.00. The highest BCUT2D eigenvalue weighted by Gasteiger charge is 2.31. The van der Waals surface area contributed by atoms with Gasteiger partial charge in [-0.15, -0.1) is 0 Å². The van der Waals surface area contributed by atoms with E-state index in [1.807, 2.05) is 0 Å². The highest BCUT2D eigenvalue weighted by atomic mass is 16.7. The van der Waals surface area contributed by atoms with Crippen LogP contribution in [0.4, 0.5) is 0 Å². The van der Waals surface area contributed by atoms with E-state index in [0.29, 0.717) is 0 Å². The van der Waals surface area contributed by atoms with E-state index in [0.717, 1.165) is 19.3 Å². The monoisotopic (exact) mass is 158 g/mol. The number of hydrogen-bond acceptors (Lipinski definition) is 3. The van der Waals surface area contributed by atoms with Crippen molar-refractivity contribution in [2.75, 3.05) is 14.2 Å². The Balaban J connectivity index is 2.36. The highest BCUT2D eigenvalue weighted by molar-refractivity contribution is 5.84. The van der Waals surface area contributed by atoms with Gasteiger partial charge in [0.1, 0.15) is 0 Å². The molecule has 0 aromatic heterocycles. The van der Waals surface area contributed by atoms with Gasteiger partial charge in [-0.1, -0.05) is 6.42 Å². The summed E-state index contributed by atoms with van der Waals surface area (Å²) in [5.74, 6) is 0.293. The summed E-state index contributed by atoms with van der Waals surface area (Å²) in [5, 5.41) is 0. The summed E-state index contributed by atoms with van der Waals surface area (Å²) in [7, 11) is 2.98. The van der Waals surface area contributed by atoms with Crippen LogP contribution in [0.25, 0.3) is 0 Å². The van der Waals surface area contributed by atoms with Crippen LogP contribution in [0.1, 0.15) is 19.3 Å². The predicted octanol–water partition coefficient (Wildman–Crippen LogP) is 0.974. The average Bonchev–Trinajstić information content (AvgIpc) is 1.86. The van der Waals surface area contributed by atoms with Gasteiger partial charge in [-0.3, -0.25) is 4.79 Å². The minimum Gasteiger partial charge on any atom is -0.349 e. The molecule has 1 aliphatic carbocycles. The second-order valence-electron chi connectivity index (χ2n) is 2.83. The molecule has 0 heterocycles. The summed E-state index contributed by atoms with van der Waals surface area (Å²) in [6.07, 6.45) is 2.53. The Morgan fingerprint density at radius 3 is 2.18 bits per heavy atom. The van der Waals surface area contributed by atoms with Crippen molar-refractivity contribution < 1.29 is 14.3 Å². The van der Waals surface area contributed by atoms with Gasteiger partial charge in [-0.2, -0.15) is 0 Å². The van der Waals surface area contributed by atoms with Crippen LogP contribution in [0.15, 0.2) is 0 Å². The molecular formula is C8H14O3. The molecule has 0 N–H and O–H groups in total. The van der Waals surface area contributed by atoms with Crippen molar-refractivity contribution in [1.82, 2.24) is 0 Å².